The van der Waals surface area contributed by atoms with E-state index >= 15 is 0 Å². The predicted octanol–water partition coefficient (Wildman–Crippen LogP) is 5.68. The molecule has 136 valence electrons. The maximum absolute atomic E-state index is 13.2. The molecule has 4 rings (SSSR count). The van der Waals surface area contributed by atoms with Gasteiger partial charge in [-0.15, -0.1) is 0 Å². The SMILES string of the molecule is Cc1ccc(Sc2c(C)nn(S(=O)c3ccc4ccccc4c3)c2C)cc1. The summed E-state index contributed by atoms with van der Waals surface area (Å²) >= 11 is 1.67. The topological polar surface area (TPSA) is 34.9 Å². The number of nitrogens with zero attached hydrogens (tertiary/aromatic N) is 2. The van der Waals surface area contributed by atoms with Gasteiger partial charge in [0.1, 0.15) is 0 Å². The third-order valence-electron chi connectivity index (χ3n) is 4.51. The van der Waals surface area contributed by atoms with Gasteiger partial charge in [-0.3, -0.25) is 0 Å². The molecule has 3 aromatic carbocycles. The number of benzene rings is 3. The maximum Gasteiger partial charge on any atom is 0.173 e. The molecule has 1 heterocycles. The molecular weight excluding hydrogens is 372 g/mol. The number of hydrogen-bond acceptors (Lipinski definition) is 3. The lowest BCUT2D eigenvalue weighted by molar-refractivity contribution is 0.668. The fraction of sp³-hybridized carbons (Fsp3) is 0.136. The second kappa shape index (κ2) is 7.33. The van der Waals surface area contributed by atoms with E-state index in [0.717, 1.165) is 36.8 Å². The van der Waals surface area contributed by atoms with Gasteiger partial charge in [-0.25, -0.2) is 4.21 Å². The van der Waals surface area contributed by atoms with Crippen LogP contribution in [0.4, 0.5) is 0 Å². The van der Waals surface area contributed by atoms with Crippen molar-refractivity contribution in [3.8, 4) is 0 Å². The molecule has 27 heavy (non-hydrogen) atoms. The van der Waals surface area contributed by atoms with Crippen LogP contribution in [-0.2, 0) is 11.0 Å². The van der Waals surface area contributed by atoms with Crippen LogP contribution in [0.15, 0.2) is 81.4 Å². The summed E-state index contributed by atoms with van der Waals surface area (Å²) in [5.74, 6) is 0. The number of aryl methyl sites for hydroxylation is 2. The molecule has 0 saturated carbocycles. The molecule has 0 fully saturated rings. The summed E-state index contributed by atoms with van der Waals surface area (Å²) in [6, 6.07) is 22.4. The van der Waals surface area contributed by atoms with Crippen LogP contribution in [0.1, 0.15) is 17.0 Å². The van der Waals surface area contributed by atoms with Crippen molar-refractivity contribution in [1.29, 1.82) is 0 Å². The maximum atomic E-state index is 13.2. The van der Waals surface area contributed by atoms with Crippen LogP contribution in [-0.4, -0.2) is 13.4 Å². The van der Waals surface area contributed by atoms with Gasteiger partial charge in [-0.05, 0) is 55.8 Å². The van der Waals surface area contributed by atoms with Crippen LogP contribution < -0.4 is 0 Å². The van der Waals surface area contributed by atoms with Crippen molar-refractivity contribution in [2.24, 2.45) is 0 Å². The lowest BCUT2D eigenvalue weighted by Crippen LogP contribution is -2.08. The molecule has 1 atom stereocenters. The third-order valence-corrected chi connectivity index (χ3v) is 7.14. The smallest absolute Gasteiger partial charge is 0.173 e. The highest BCUT2D eigenvalue weighted by Crippen LogP contribution is 2.33. The van der Waals surface area contributed by atoms with Crippen molar-refractivity contribution in [1.82, 2.24) is 9.19 Å². The monoisotopic (exact) mass is 392 g/mol. The van der Waals surface area contributed by atoms with Gasteiger partial charge in [0, 0.05) is 4.90 Å². The zero-order chi connectivity index (χ0) is 19.0. The van der Waals surface area contributed by atoms with E-state index in [9.17, 15) is 4.21 Å². The minimum absolute atomic E-state index is 0.756. The van der Waals surface area contributed by atoms with Gasteiger partial charge >= 0.3 is 0 Å². The van der Waals surface area contributed by atoms with Gasteiger partial charge in [0.2, 0.25) is 0 Å². The van der Waals surface area contributed by atoms with Gasteiger partial charge in [0.15, 0.2) is 11.0 Å². The van der Waals surface area contributed by atoms with Crippen molar-refractivity contribution < 1.29 is 4.21 Å². The van der Waals surface area contributed by atoms with Crippen LogP contribution in [0, 0.1) is 20.8 Å². The molecule has 0 aliphatic rings. The van der Waals surface area contributed by atoms with Crippen molar-refractivity contribution >= 4 is 33.5 Å². The van der Waals surface area contributed by atoms with E-state index < -0.39 is 11.0 Å². The van der Waals surface area contributed by atoms with E-state index in [0.29, 0.717) is 0 Å². The first-order valence-corrected chi connectivity index (χ1v) is 10.7. The number of fused-ring (bicyclic) bond motifs is 1. The van der Waals surface area contributed by atoms with Crippen LogP contribution in [0.3, 0.4) is 0 Å². The van der Waals surface area contributed by atoms with Gasteiger partial charge in [0.05, 0.1) is 21.2 Å². The van der Waals surface area contributed by atoms with Crippen LogP contribution in [0.5, 0.6) is 0 Å². The van der Waals surface area contributed by atoms with E-state index in [1.807, 2.05) is 50.2 Å². The largest absolute Gasteiger partial charge is 0.229 e. The quantitative estimate of drug-likeness (QED) is 0.448. The highest BCUT2D eigenvalue weighted by molar-refractivity contribution is 7.99. The van der Waals surface area contributed by atoms with Gasteiger partial charge in [-0.1, -0.05) is 59.8 Å². The number of aromatic nitrogens is 2. The van der Waals surface area contributed by atoms with Crippen molar-refractivity contribution in [3.63, 3.8) is 0 Å². The summed E-state index contributed by atoms with van der Waals surface area (Å²) in [5.41, 5.74) is 3.05. The fourth-order valence-electron chi connectivity index (χ4n) is 3.01. The molecule has 0 bridgehead atoms. The Morgan fingerprint density at radius 3 is 2.33 bits per heavy atom. The first-order valence-electron chi connectivity index (χ1n) is 8.75. The normalized spacial score (nSPS) is 12.4. The lowest BCUT2D eigenvalue weighted by atomic mass is 10.1. The predicted molar refractivity (Wildman–Crippen MR) is 113 cm³/mol. The van der Waals surface area contributed by atoms with Crippen molar-refractivity contribution in [2.45, 2.75) is 35.5 Å². The van der Waals surface area contributed by atoms with Crippen LogP contribution in [0.25, 0.3) is 10.8 Å². The van der Waals surface area contributed by atoms with Crippen molar-refractivity contribution in [3.05, 3.63) is 83.7 Å². The molecule has 0 aliphatic carbocycles. The van der Waals surface area contributed by atoms with E-state index in [1.165, 1.54) is 5.56 Å². The fourth-order valence-corrected chi connectivity index (χ4v) is 5.15. The van der Waals surface area contributed by atoms with E-state index in [1.54, 1.807) is 15.8 Å². The molecule has 0 N–H and O–H groups in total. The summed E-state index contributed by atoms with van der Waals surface area (Å²) in [5, 5.41) is 6.80. The van der Waals surface area contributed by atoms with Gasteiger partial charge < -0.3 is 0 Å². The van der Waals surface area contributed by atoms with Crippen molar-refractivity contribution in [2.75, 3.05) is 0 Å². The molecular formula is C22H20N2OS2. The summed E-state index contributed by atoms with van der Waals surface area (Å²) in [6.07, 6.45) is 0. The zero-order valence-corrected chi connectivity index (χ0v) is 17.1. The van der Waals surface area contributed by atoms with Gasteiger partial charge in [0.25, 0.3) is 0 Å². The average molecular weight is 393 g/mol. The number of rotatable bonds is 4. The number of hydrogen-bond donors (Lipinski definition) is 0. The minimum atomic E-state index is -1.37. The Bertz CT molecular complexity index is 1150. The Kier molecular flexibility index (Phi) is 4.89. The molecule has 0 amide bonds. The summed E-state index contributed by atoms with van der Waals surface area (Å²) in [7, 11) is -1.37. The van der Waals surface area contributed by atoms with Crippen LogP contribution in [0.2, 0.25) is 0 Å². The molecule has 0 saturated heterocycles. The first-order chi connectivity index (χ1) is 13.0. The molecule has 0 spiro atoms. The third kappa shape index (κ3) is 3.57. The average Bonchev–Trinajstić information content (AvgIpc) is 2.97. The second-order valence-electron chi connectivity index (χ2n) is 6.55. The molecule has 3 nitrogen and oxygen atoms in total. The second-order valence-corrected chi connectivity index (χ2v) is 8.95. The molecule has 0 aliphatic heterocycles. The Balaban J connectivity index is 1.68. The van der Waals surface area contributed by atoms with E-state index in [4.69, 9.17) is 0 Å². The molecule has 0 radical (unpaired) electrons. The van der Waals surface area contributed by atoms with E-state index in [2.05, 4.69) is 42.4 Å². The minimum Gasteiger partial charge on any atom is -0.229 e. The lowest BCUT2D eigenvalue weighted by Gasteiger charge is -2.07. The highest BCUT2D eigenvalue weighted by Gasteiger charge is 2.18. The van der Waals surface area contributed by atoms with Crippen LogP contribution >= 0.6 is 11.8 Å². The Hall–Kier alpha value is -2.37. The Morgan fingerprint density at radius 2 is 1.59 bits per heavy atom. The highest BCUT2D eigenvalue weighted by atomic mass is 32.2. The molecule has 5 heteroatoms. The summed E-state index contributed by atoms with van der Waals surface area (Å²) < 4.78 is 14.8. The molecule has 4 aromatic rings. The Labute approximate surface area is 166 Å². The Morgan fingerprint density at radius 1 is 0.889 bits per heavy atom. The summed E-state index contributed by atoms with van der Waals surface area (Å²) in [4.78, 5) is 2.97. The molecule has 1 unspecified atom stereocenters. The first kappa shape index (κ1) is 18.0. The molecule has 1 aromatic heterocycles. The zero-order valence-electron chi connectivity index (χ0n) is 15.5. The standard InChI is InChI=1S/C22H20N2OS2/c1-15-8-11-20(12-9-15)26-22-16(2)23-24(17(22)3)27(25)21-13-10-18-6-4-5-7-19(18)14-21/h4-14H,1-3H3. The van der Waals surface area contributed by atoms with E-state index in [-0.39, 0.29) is 0 Å². The van der Waals surface area contributed by atoms with Gasteiger partial charge in [-0.2, -0.15) is 9.19 Å². The summed E-state index contributed by atoms with van der Waals surface area (Å²) in [6.45, 7) is 6.03.